The zero-order valence-electron chi connectivity index (χ0n) is 14.6. The van der Waals surface area contributed by atoms with Gasteiger partial charge in [-0.2, -0.15) is 5.26 Å². The Balaban J connectivity index is 1.80. The van der Waals surface area contributed by atoms with E-state index >= 15 is 0 Å². The van der Waals surface area contributed by atoms with E-state index in [0.717, 1.165) is 40.5 Å². The van der Waals surface area contributed by atoms with Gasteiger partial charge in [0.2, 0.25) is 0 Å². The van der Waals surface area contributed by atoms with Crippen molar-refractivity contribution in [3.05, 3.63) is 40.5 Å². The van der Waals surface area contributed by atoms with Crippen LogP contribution >= 0.6 is 11.3 Å². The number of nitriles is 1. The van der Waals surface area contributed by atoms with E-state index in [1.807, 2.05) is 38.1 Å². The highest BCUT2D eigenvalue weighted by Gasteiger charge is 2.23. The van der Waals surface area contributed by atoms with Gasteiger partial charge >= 0.3 is 0 Å². The van der Waals surface area contributed by atoms with Gasteiger partial charge in [-0.05, 0) is 63.8 Å². The minimum atomic E-state index is 0.157. The van der Waals surface area contributed by atoms with Crippen LogP contribution in [0.1, 0.15) is 43.0 Å². The molecule has 1 aromatic carbocycles. The molecule has 2 aromatic heterocycles. The summed E-state index contributed by atoms with van der Waals surface area (Å²) in [6, 6.07) is 10.4. The first-order chi connectivity index (χ1) is 12.2. The molecule has 1 aliphatic carbocycles. The Kier molecular flexibility index (Phi) is 4.22. The maximum atomic E-state index is 9.35. The normalized spacial score (nSPS) is 13.8. The molecular weight excluding hydrogens is 330 g/mol. The highest BCUT2D eigenvalue weighted by Crippen LogP contribution is 2.35. The van der Waals surface area contributed by atoms with Crippen LogP contribution in [0.5, 0.6) is 5.75 Å². The van der Waals surface area contributed by atoms with E-state index in [-0.39, 0.29) is 6.10 Å². The first-order valence-electron chi connectivity index (χ1n) is 8.83. The summed E-state index contributed by atoms with van der Waals surface area (Å²) in [4.78, 5) is 7.35. The molecule has 0 fully saturated rings. The quantitative estimate of drug-likeness (QED) is 0.679. The molecule has 0 atom stereocenters. The van der Waals surface area contributed by atoms with Crippen LogP contribution in [0.25, 0.3) is 16.2 Å². The molecule has 0 saturated heterocycles. The Labute approximate surface area is 151 Å². The van der Waals surface area contributed by atoms with Crippen molar-refractivity contribution in [2.24, 2.45) is 0 Å². The molecule has 2 heterocycles. The molecule has 25 heavy (non-hydrogen) atoms. The summed E-state index contributed by atoms with van der Waals surface area (Å²) < 4.78 is 7.97. The Morgan fingerprint density at radius 2 is 2.00 bits per heavy atom. The van der Waals surface area contributed by atoms with Crippen LogP contribution in [0.3, 0.4) is 0 Å². The standard InChI is InChI=1S/C20H21N3OS/c1-13(2)24-15-9-7-14(8-10-15)19-17(11-12-21)23-16-5-3-4-6-18(16)25-20(23)22-19/h7-10,13H,3-6,11H2,1-2H3. The molecule has 3 aromatic rings. The summed E-state index contributed by atoms with van der Waals surface area (Å²) in [7, 11) is 0. The number of fused-ring (bicyclic) bond motifs is 3. The number of imidazole rings is 1. The van der Waals surface area contributed by atoms with Gasteiger partial charge in [0, 0.05) is 16.1 Å². The Bertz CT molecular complexity index is 944. The molecule has 1 aliphatic rings. The van der Waals surface area contributed by atoms with Crippen LogP contribution in [0.2, 0.25) is 0 Å². The topological polar surface area (TPSA) is 50.3 Å². The molecule has 0 unspecified atom stereocenters. The second kappa shape index (κ2) is 6.53. The number of aromatic nitrogens is 2. The first kappa shape index (κ1) is 16.2. The minimum Gasteiger partial charge on any atom is -0.491 e. The van der Waals surface area contributed by atoms with Crippen molar-refractivity contribution in [3.8, 4) is 23.1 Å². The lowest BCUT2D eigenvalue weighted by atomic mass is 10.0. The third-order valence-corrected chi connectivity index (χ3v) is 5.70. The van der Waals surface area contributed by atoms with Crippen molar-refractivity contribution in [3.63, 3.8) is 0 Å². The number of thiazole rings is 1. The van der Waals surface area contributed by atoms with Gasteiger partial charge in [-0.25, -0.2) is 4.98 Å². The third kappa shape index (κ3) is 2.91. The zero-order valence-corrected chi connectivity index (χ0v) is 15.4. The highest BCUT2D eigenvalue weighted by atomic mass is 32.1. The fourth-order valence-electron chi connectivity index (χ4n) is 3.53. The van der Waals surface area contributed by atoms with Crippen LogP contribution in [0.4, 0.5) is 0 Å². The first-order valence-corrected chi connectivity index (χ1v) is 9.65. The minimum absolute atomic E-state index is 0.157. The summed E-state index contributed by atoms with van der Waals surface area (Å²) >= 11 is 1.78. The van der Waals surface area contributed by atoms with Crippen molar-refractivity contribution in [1.29, 1.82) is 5.26 Å². The highest BCUT2D eigenvalue weighted by molar-refractivity contribution is 7.17. The predicted octanol–water partition coefficient (Wildman–Crippen LogP) is 4.79. The smallest absolute Gasteiger partial charge is 0.194 e. The average Bonchev–Trinajstić information content (AvgIpc) is 3.12. The Morgan fingerprint density at radius 3 is 2.72 bits per heavy atom. The second-order valence-corrected chi connectivity index (χ2v) is 7.79. The number of rotatable bonds is 4. The molecule has 4 rings (SSSR count). The monoisotopic (exact) mass is 351 g/mol. The lowest BCUT2D eigenvalue weighted by Gasteiger charge is -2.12. The van der Waals surface area contributed by atoms with E-state index in [4.69, 9.17) is 9.72 Å². The molecule has 0 saturated carbocycles. The summed E-state index contributed by atoms with van der Waals surface area (Å²) in [5.41, 5.74) is 4.36. The van der Waals surface area contributed by atoms with E-state index in [1.165, 1.54) is 23.4 Å². The van der Waals surface area contributed by atoms with Gasteiger partial charge in [0.05, 0.1) is 30.0 Å². The van der Waals surface area contributed by atoms with Gasteiger partial charge in [0.25, 0.3) is 0 Å². The summed E-state index contributed by atoms with van der Waals surface area (Å²) in [6.07, 6.45) is 5.25. The Morgan fingerprint density at radius 1 is 1.24 bits per heavy atom. The molecule has 0 spiro atoms. The van der Waals surface area contributed by atoms with E-state index in [1.54, 1.807) is 11.3 Å². The van der Waals surface area contributed by atoms with Gasteiger partial charge in [-0.3, -0.25) is 4.40 Å². The van der Waals surface area contributed by atoms with Crippen molar-refractivity contribution in [1.82, 2.24) is 9.38 Å². The van der Waals surface area contributed by atoms with Crippen molar-refractivity contribution in [2.45, 2.75) is 52.1 Å². The zero-order chi connectivity index (χ0) is 17.4. The molecule has 0 amide bonds. The molecule has 5 heteroatoms. The van der Waals surface area contributed by atoms with Crippen molar-refractivity contribution in [2.75, 3.05) is 0 Å². The van der Waals surface area contributed by atoms with E-state index in [0.29, 0.717) is 6.42 Å². The summed E-state index contributed by atoms with van der Waals surface area (Å²) in [5.74, 6) is 0.860. The van der Waals surface area contributed by atoms with Crippen LogP contribution in [-0.4, -0.2) is 15.5 Å². The fraction of sp³-hybridized carbons (Fsp3) is 0.400. The predicted molar refractivity (Wildman–Crippen MR) is 100 cm³/mol. The Hall–Kier alpha value is -2.32. The molecule has 4 nitrogen and oxygen atoms in total. The average molecular weight is 351 g/mol. The lowest BCUT2D eigenvalue weighted by Crippen LogP contribution is -2.05. The molecule has 0 N–H and O–H groups in total. The number of ether oxygens (including phenoxy) is 1. The second-order valence-electron chi connectivity index (χ2n) is 6.73. The number of hydrogen-bond donors (Lipinski definition) is 0. The van der Waals surface area contributed by atoms with Crippen LogP contribution in [-0.2, 0) is 19.3 Å². The van der Waals surface area contributed by atoms with E-state index in [2.05, 4.69) is 10.5 Å². The summed E-state index contributed by atoms with van der Waals surface area (Å²) in [6.45, 7) is 4.04. The molecule has 0 bridgehead atoms. The number of nitrogens with zero attached hydrogens (tertiary/aromatic N) is 3. The van der Waals surface area contributed by atoms with Gasteiger partial charge in [-0.1, -0.05) is 0 Å². The number of aryl methyl sites for hydroxylation is 2. The molecule has 0 aliphatic heterocycles. The molecule has 0 radical (unpaired) electrons. The number of benzene rings is 1. The van der Waals surface area contributed by atoms with Crippen LogP contribution < -0.4 is 4.74 Å². The van der Waals surface area contributed by atoms with Gasteiger partial charge in [0.15, 0.2) is 4.96 Å². The summed E-state index contributed by atoms with van der Waals surface area (Å²) in [5, 5.41) is 9.35. The van der Waals surface area contributed by atoms with E-state index in [9.17, 15) is 5.26 Å². The lowest BCUT2D eigenvalue weighted by molar-refractivity contribution is 0.242. The van der Waals surface area contributed by atoms with Gasteiger partial charge in [0.1, 0.15) is 5.75 Å². The number of hydrogen-bond acceptors (Lipinski definition) is 4. The third-order valence-electron chi connectivity index (χ3n) is 4.56. The SMILES string of the molecule is CC(C)Oc1ccc(-c2nc3sc4c(n3c2CC#N)CCCC4)cc1. The van der Waals surface area contributed by atoms with Crippen LogP contribution in [0, 0.1) is 11.3 Å². The van der Waals surface area contributed by atoms with Crippen molar-refractivity contribution < 1.29 is 4.74 Å². The largest absolute Gasteiger partial charge is 0.491 e. The maximum absolute atomic E-state index is 9.35. The van der Waals surface area contributed by atoms with Crippen molar-refractivity contribution >= 4 is 16.3 Å². The molecular formula is C20H21N3OS. The fourth-order valence-corrected chi connectivity index (χ4v) is 4.76. The van der Waals surface area contributed by atoms with Crippen LogP contribution in [0.15, 0.2) is 24.3 Å². The van der Waals surface area contributed by atoms with Gasteiger partial charge < -0.3 is 4.74 Å². The van der Waals surface area contributed by atoms with Gasteiger partial charge in [-0.15, -0.1) is 11.3 Å². The molecule has 128 valence electrons. The maximum Gasteiger partial charge on any atom is 0.194 e. The van der Waals surface area contributed by atoms with E-state index < -0.39 is 0 Å².